The highest BCUT2D eigenvalue weighted by Crippen LogP contribution is 2.36. The number of hydrogen-bond donors (Lipinski definition) is 1. The van der Waals surface area contributed by atoms with Gasteiger partial charge in [0.05, 0.1) is 22.7 Å². The molecule has 41 heavy (non-hydrogen) atoms. The predicted molar refractivity (Wildman–Crippen MR) is 159 cm³/mol. The SMILES string of the molecule is CCN(CCOS(=O)(=O)O)c1ccc(N=Nc2nc(N3CCCCC3)c(/C=C(/C=O)C(=O)c3ccccc3)s2)cc1. The van der Waals surface area contributed by atoms with Crippen LogP contribution in [0, 0.1) is 0 Å². The Balaban J connectivity index is 1.54. The zero-order valence-electron chi connectivity index (χ0n) is 22.5. The summed E-state index contributed by atoms with van der Waals surface area (Å²) in [5, 5.41) is 9.05. The van der Waals surface area contributed by atoms with Crippen molar-refractivity contribution in [2.24, 2.45) is 10.2 Å². The second-order valence-electron chi connectivity index (χ2n) is 9.19. The molecule has 0 spiro atoms. The molecule has 0 unspecified atom stereocenters. The van der Waals surface area contributed by atoms with E-state index >= 15 is 0 Å². The van der Waals surface area contributed by atoms with Crippen molar-refractivity contribution in [1.29, 1.82) is 0 Å². The van der Waals surface area contributed by atoms with Gasteiger partial charge in [-0.15, -0.1) is 10.2 Å². The normalized spacial score (nSPS) is 14.4. The summed E-state index contributed by atoms with van der Waals surface area (Å²) in [5.41, 5.74) is 1.88. The number of Topliss-reactive ketones (excluding diaryl/α,β-unsaturated/α-hetero) is 1. The van der Waals surface area contributed by atoms with Gasteiger partial charge >= 0.3 is 10.4 Å². The van der Waals surface area contributed by atoms with Crippen molar-refractivity contribution >= 4 is 62.2 Å². The molecule has 0 aliphatic carbocycles. The van der Waals surface area contributed by atoms with Gasteiger partial charge in [-0.25, -0.2) is 4.18 Å². The third kappa shape index (κ3) is 8.60. The van der Waals surface area contributed by atoms with Gasteiger partial charge in [-0.05, 0) is 56.5 Å². The molecule has 1 aliphatic heterocycles. The van der Waals surface area contributed by atoms with Crippen molar-refractivity contribution in [3.05, 3.63) is 70.6 Å². The number of ketones is 1. The van der Waals surface area contributed by atoms with E-state index in [1.165, 1.54) is 11.3 Å². The number of nitrogens with zero attached hydrogens (tertiary/aromatic N) is 5. The number of rotatable bonds is 13. The first-order valence-corrected chi connectivity index (χ1v) is 15.4. The maximum Gasteiger partial charge on any atom is 0.397 e. The minimum absolute atomic E-state index is 0.0413. The highest BCUT2D eigenvalue weighted by molar-refractivity contribution is 7.80. The van der Waals surface area contributed by atoms with Crippen LogP contribution in [0.5, 0.6) is 0 Å². The van der Waals surface area contributed by atoms with Crippen LogP contribution in [0.1, 0.15) is 41.4 Å². The number of aldehydes is 1. The molecule has 13 heteroatoms. The molecule has 11 nitrogen and oxygen atoms in total. The number of benzene rings is 2. The number of azo groups is 1. The molecule has 1 saturated heterocycles. The Morgan fingerprint density at radius 3 is 2.44 bits per heavy atom. The molecule has 216 valence electrons. The van der Waals surface area contributed by atoms with Crippen LogP contribution in [-0.4, -0.2) is 62.8 Å². The molecule has 4 rings (SSSR count). The van der Waals surface area contributed by atoms with Crippen molar-refractivity contribution in [2.45, 2.75) is 26.2 Å². The molecule has 2 aromatic carbocycles. The summed E-state index contributed by atoms with van der Waals surface area (Å²) in [5.74, 6) is 0.331. The summed E-state index contributed by atoms with van der Waals surface area (Å²) in [6.07, 6.45) is 5.37. The molecule has 2 heterocycles. The molecule has 1 aliphatic rings. The number of carbonyl (C=O) groups is 2. The van der Waals surface area contributed by atoms with Gasteiger partial charge in [0.25, 0.3) is 0 Å². The summed E-state index contributed by atoms with van der Waals surface area (Å²) >= 11 is 1.26. The molecule has 1 fully saturated rings. The summed E-state index contributed by atoms with van der Waals surface area (Å²) in [4.78, 5) is 34.3. The topological polar surface area (TPSA) is 142 Å². The van der Waals surface area contributed by atoms with Crippen LogP contribution in [0.2, 0.25) is 0 Å². The monoisotopic (exact) mass is 597 g/mol. The lowest BCUT2D eigenvalue weighted by molar-refractivity contribution is -0.104. The van der Waals surface area contributed by atoms with Crippen LogP contribution in [0.25, 0.3) is 6.08 Å². The fourth-order valence-electron chi connectivity index (χ4n) is 4.39. The highest BCUT2D eigenvalue weighted by atomic mass is 32.3. The number of piperidine rings is 1. The van der Waals surface area contributed by atoms with Crippen LogP contribution in [-0.2, 0) is 19.4 Å². The molecule has 1 aromatic heterocycles. The van der Waals surface area contributed by atoms with Crippen LogP contribution < -0.4 is 9.80 Å². The molecular weight excluding hydrogens is 566 g/mol. The molecule has 0 saturated carbocycles. The minimum Gasteiger partial charge on any atom is -0.369 e. The second kappa shape index (κ2) is 14.2. The first-order valence-electron chi connectivity index (χ1n) is 13.2. The maximum atomic E-state index is 13.0. The van der Waals surface area contributed by atoms with Gasteiger partial charge in [0, 0.05) is 37.4 Å². The van der Waals surface area contributed by atoms with Crippen LogP contribution in [0.4, 0.5) is 22.3 Å². The number of anilines is 2. The standard InChI is InChI=1S/C28H31N5O6S2/c1-2-32(17-18-39-41(36,37)38)24-13-11-23(12-14-24)30-31-28-29-27(33-15-7-4-8-16-33)25(40-28)19-22(20-34)26(35)21-9-5-3-6-10-21/h3,5-6,9-14,19-20H,2,4,7-8,15-18H2,1H3,(H,36,37,38)/b22-19-,31-30?. The van der Waals surface area contributed by atoms with E-state index in [4.69, 9.17) is 9.54 Å². The van der Waals surface area contributed by atoms with Crippen molar-refractivity contribution in [3.8, 4) is 0 Å². The molecule has 0 bridgehead atoms. The quantitative estimate of drug-likeness (QED) is 0.0502. The van der Waals surface area contributed by atoms with Crippen LogP contribution in [0.15, 0.2) is 70.4 Å². The van der Waals surface area contributed by atoms with Crippen molar-refractivity contribution < 1.29 is 26.7 Å². The van der Waals surface area contributed by atoms with Gasteiger partial charge in [0.2, 0.25) is 5.13 Å². The van der Waals surface area contributed by atoms with E-state index in [1.54, 1.807) is 42.5 Å². The van der Waals surface area contributed by atoms with E-state index < -0.39 is 10.4 Å². The fraction of sp³-hybridized carbons (Fsp3) is 0.321. The fourth-order valence-corrected chi connectivity index (χ4v) is 5.53. The Bertz CT molecular complexity index is 1500. The van der Waals surface area contributed by atoms with E-state index in [-0.39, 0.29) is 24.5 Å². The van der Waals surface area contributed by atoms with Gasteiger partial charge in [0.15, 0.2) is 12.1 Å². The number of hydrogen-bond acceptors (Lipinski definition) is 11. The summed E-state index contributed by atoms with van der Waals surface area (Å²) in [6, 6.07) is 15.9. The first-order chi connectivity index (χ1) is 19.8. The Kier molecular flexibility index (Phi) is 10.5. The number of aromatic nitrogens is 1. The van der Waals surface area contributed by atoms with E-state index in [2.05, 4.69) is 19.3 Å². The van der Waals surface area contributed by atoms with Gasteiger partial charge in [-0.2, -0.15) is 13.4 Å². The lowest BCUT2D eigenvalue weighted by Crippen LogP contribution is -2.30. The van der Waals surface area contributed by atoms with Gasteiger partial charge < -0.3 is 9.80 Å². The van der Waals surface area contributed by atoms with Gasteiger partial charge in [-0.3, -0.25) is 14.1 Å². The average Bonchev–Trinajstić information content (AvgIpc) is 3.40. The average molecular weight is 598 g/mol. The van der Waals surface area contributed by atoms with Crippen LogP contribution in [0.3, 0.4) is 0 Å². The molecule has 0 atom stereocenters. The number of thiazole rings is 1. The molecule has 0 amide bonds. The van der Waals surface area contributed by atoms with E-state index in [9.17, 15) is 18.0 Å². The third-order valence-corrected chi connectivity index (χ3v) is 7.77. The molecule has 1 N–H and O–H groups in total. The summed E-state index contributed by atoms with van der Waals surface area (Å²) in [6.45, 7) is 4.25. The largest absolute Gasteiger partial charge is 0.397 e. The summed E-state index contributed by atoms with van der Waals surface area (Å²) in [7, 11) is -4.48. The van der Waals surface area contributed by atoms with E-state index in [0.29, 0.717) is 39.9 Å². The van der Waals surface area contributed by atoms with Gasteiger partial charge in [0.1, 0.15) is 5.82 Å². The lowest BCUT2D eigenvalue weighted by Gasteiger charge is -2.27. The number of allylic oxidation sites excluding steroid dienone is 1. The van der Waals surface area contributed by atoms with Crippen molar-refractivity contribution in [2.75, 3.05) is 42.6 Å². The van der Waals surface area contributed by atoms with E-state index in [1.807, 2.05) is 30.0 Å². The first kappa shape index (κ1) is 30.2. The minimum atomic E-state index is -4.48. The Morgan fingerprint density at radius 2 is 1.80 bits per heavy atom. The lowest BCUT2D eigenvalue weighted by atomic mass is 10.0. The summed E-state index contributed by atoms with van der Waals surface area (Å²) < 4.78 is 34.8. The molecular formula is C28H31N5O6S2. The second-order valence-corrected chi connectivity index (χ2v) is 11.3. The zero-order valence-corrected chi connectivity index (χ0v) is 24.2. The predicted octanol–water partition coefficient (Wildman–Crippen LogP) is 5.66. The Morgan fingerprint density at radius 1 is 1.10 bits per heavy atom. The van der Waals surface area contributed by atoms with Crippen molar-refractivity contribution in [1.82, 2.24) is 4.98 Å². The van der Waals surface area contributed by atoms with E-state index in [0.717, 1.165) is 38.0 Å². The van der Waals surface area contributed by atoms with Gasteiger partial charge in [-0.1, -0.05) is 41.7 Å². The molecule has 0 radical (unpaired) electrons. The maximum absolute atomic E-state index is 13.0. The van der Waals surface area contributed by atoms with Crippen LogP contribution >= 0.6 is 11.3 Å². The third-order valence-electron chi connectivity index (χ3n) is 6.43. The zero-order chi connectivity index (χ0) is 29.2. The molecule has 3 aromatic rings. The Hall–Kier alpha value is -3.78. The van der Waals surface area contributed by atoms with Crippen molar-refractivity contribution in [3.63, 3.8) is 0 Å². The Labute approximate surface area is 243 Å². The number of carbonyl (C=O) groups excluding carboxylic acids is 2. The smallest absolute Gasteiger partial charge is 0.369 e. The highest BCUT2D eigenvalue weighted by Gasteiger charge is 2.21. The number of likely N-dealkylation sites (N-methyl/N-ethyl adjacent to an activating group) is 1.